The van der Waals surface area contributed by atoms with Crippen molar-refractivity contribution < 1.29 is 0 Å². The van der Waals surface area contributed by atoms with Crippen molar-refractivity contribution in [3.05, 3.63) is 132 Å². The van der Waals surface area contributed by atoms with E-state index in [0.717, 1.165) is 17.9 Å². The average Bonchev–Trinajstić information content (AvgIpc) is 2.99. The molecule has 0 fully saturated rings. The van der Waals surface area contributed by atoms with E-state index in [1.54, 1.807) is 0 Å². The lowest BCUT2D eigenvalue weighted by molar-refractivity contribution is 0.970. The summed E-state index contributed by atoms with van der Waals surface area (Å²) in [6.45, 7) is 8.76. The van der Waals surface area contributed by atoms with E-state index in [9.17, 15) is 0 Å². The van der Waals surface area contributed by atoms with Gasteiger partial charge in [0.2, 0.25) is 0 Å². The maximum atomic E-state index is 4.34. The van der Waals surface area contributed by atoms with Gasteiger partial charge in [-0.2, -0.15) is 0 Å². The van der Waals surface area contributed by atoms with E-state index in [4.69, 9.17) is 0 Å². The highest BCUT2D eigenvalue weighted by Crippen LogP contribution is 2.48. The summed E-state index contributed by atoms with van der Waals surface area (Å²) in [5.41, 5.74) is 11.9. The van der Waals surface area contributed by atoms with Crippen LogP contribution in [-0.4, -0.2) is 6.72 Å². The first-order valence-corrected chi connectivity index (χ1v) is 13.1. The zero-order valence-electron chi connectivity index (χ0n) is 21.9. The molecule has 0 atom stereocenters. The molecule has 1 aliphatic heterocycles. The van der Waals surface area contributed by atoms with Gasteiger partial charge < -0.3 is 4.90 Å². The van der Waals surface area contributed by atoms with E-state index in [0.29, 0.717) is 0 Å². The van der Waals surface area contributed by atoms with E-state index in [1.165, 1.54) is 55.4 Å². The van der Waals surface area contributed by atoms with E-state index in [1.807, 2.05) is 12.1 Å². The fourth-order valence-electron chi connectivity index (χ4n) is 5.60. The molecular formula is C36H30N2. The molecule has 38 heavy (non-hydrogen) atoms. The highest BCUT2D eigenvalue weighted by Gasteiger charge is 2.26. The Labute approximate surface area is 224 Å². The lowest BCUT2D eigenvalue weighted by Gasteiger charge is -2.34. The Bertz CT molecular complexity index is 1720. The molecule has 1 aliphatic rings. The summed E-state index contributed by atoms with van der Waals surface area (Å²) in [5.74, 6) is 0. The largest absolute Gasteiger partial charge is 0.335 e. The summed E-state index contributed by atoms with van der Waals surface area (Å²) in [6, 6.07) is 37.2. The molecule has 0 aromatic heterocycles. The predicted octanol–water partition coefficient (Wildman–Crippen LogP) is 10.1. The first-order chi connectivity index (χ1) is 18.7. The quantitative estimate of drug-likeness (QED) is 0.177. The molecule has 0 radical (unpaired) electrons. The number of allylic oxidation sites excluding steroid dienone is 4. The number of nitrogens with zero attached hydrogens (tertiary/aromatic N) is 2. The molecule has 184 valence electrons. The van der Waals surface area contributed by atoms with Gasteiger partial charge in [-0.15, -0.1) is 0 Å². The first-order valence-electron chi connectivity index (χ1n) is 13.1. The second-order valence-electron chi connectivity index (χ2n) is 9.60. The van der Waals surface area contributed by atoms with Crippen LogP contribution in [0.15, 0.2) is 126 Å². The highest BCUT2D eigenvalue weighted by molar-refractivity contribution is 5.99. The molecule has 0 spiro atoms. The Balaban J connectivity index is 1.53. The number of benzene rings is 5. The van der Waals surface area contributed by atoms with E-state index >= 15 is 0 Å². The lowest BCUT2D eigenvalue weighted by Crippen LogP contribution is -2.22. The second-order valence-corrected chi connectivity index (χ2v) is 9.60. The molecule has 5 aromatic rings. The van der Waals surface area contributed by atoms with Crippen molar-refractivity contribution in [1.82, 2.24) is 0 Å². The Hall–Kier alpha value is -4.69. The minimum atomic E-state index is 0.779. The topological polar surface area (TPSA) is 15.6 Å². The van der Waals surface area contributed by atoms with Crippen molar-refractivity contribution in [2.45, 2.75) is 20.4 Å². The summed E-state index contributed by atoms with van der Waals surface area (Å²) in [4.78, 5) is 6.73. The maximum absolute atomic E-state index is 4.34. The third kappa shape index (κ3) is 4.05. The first kappa shape index (κ1) is 23.7. The van der Waals surface area contributed by atoms with Gasteiger partial charge in [-0.25, -0.2) is 0 Å². The van der Waals surface area contributed by atoms with Gasteiger partial charge in [0.05, 0.1) is 11.4 Å². The van der Waals surface area contributed by atoms with Gasteiger partial charge in [0.1, 0.15) is 0 Å². The van der Waals surface area contributed by atoms with Crippen molar-refractivity contribution in [2.75, 3.05) is 4.90 Å². The summed E-state index contributed by atoms with van der Waals surface area (Å²) in [5, 5.41) is 2.56. The molecule has 0 amide bonds. The smallest absolute Gasteiger partial charge is 0.0859 e. The van der Waals surface area contributed by atoms with Crippen LogP contribution in [0.2, 0.25) is 0 Å². The molecule has 0 bridgehead atoms. The molecule has 2 heteroatoms. The fourth-order valence-corrected chi connectivity index (χ4v) is 5.60. The van der Waals surface area contributed by atoms with Gasteiger partial charge in [-0.3, -0.25) is 4.99 Å². The number of para-hydroxylation sites is 2. The van der Waals surface area contributed by atoms with Gasteiger partial charge in [-0.05, 0) is 89.0 Å². The molecule has 0 unspecified atom stereocenters. The van der Waals surface area contributed by atoms with Gasteiger partial charge in [0.25, 0.3) is 0 Å². The normalized spacial score (nSPS) is 13.0. The lowest BCUT2D eigenvalue weighted by atomic mass is 9.87. The minimum Gasteiger partial charge on any atom is -0.335 e. The zero-order chi connectivity index (χ0) is 26.1. The maximum Gasteiger partial charge on any atom is 0.0859 e. The molecule has 0 saturated carbocycles. The number of hydrogen-bond donors (Lipinski definition) is 0. The molecule has 0 N–H and O–H groups in total. The van der Waals surface area contributed by atoms with E-state index in [2.05, 4.69) is 140 Å². The summed E-state index contributed by atoms with van der Waals surface area (Å²) in [6.07, 6.45) is 6.39. The number of fused-ring (bicyclic) bond motifs is 5. The SMILES string of the molecule is C=Nc1ccccc1N1Cc2c(ccc3ccccc23)-c2cc(-c3ccc(C(/C=C\C)=C/C)cc3)ccc21. The van der Waals surface area contributed by atoms with Crippen LogP contribution in [0.4, 0.5) is 17.1 Å². The Kier molecular flexibility index (Phi) is 6.23. The number of aliphatic imine (C=N–C) groups is 1. The van der Waals surface area contributed by atoms with Crippen molar-refractivity contribution in [3.8, 4) is 22.3 Å². The zero-order valence-corrected chi connectivity index (χ0v) is 21.9. The molecule has 0 saturated heterocycles. The van der Waals surface area contributed by atoms with Crippen LogP contribution < -0.4 is 4.90 Å². The van der Waals surface area contributed by atoms with Gasteiger partial charge in [-0.1, -0.05) is 97.1 Å². The van der Waals surface area contributed by atoms with E-state index < -0.39 is 0 Å². The standard InChI is InChI=1S/C36H30N2/c1-4-10-25(5-2)26-15-17-27(18-16-26)29-20-22-35-32(23-29)31-21-19-28-11-6-7-12-30(28)33(31)24-38(35)36-14-9-8-13-34(36)37-3/h4-23H,3,24H2,1-2H3/b10-4-,25-5+. The molecule has 1 heterocycles. The summed E-state index contributed by atoms with van der Waals surface area (Å²) in [7, 11) is 0. The van der Waals surface area contributed by atoms with Crippen molar-refractivity contribution >= 4 is 40.1 Å². The Morgan fingerprint density at radius 3 is 2.32 bits per heavy atom. The van der Waals surface area contributed by atoms with Gasteiger partial charge in [0, 0.05) is 17.8 Å². The molecule has 2 nitrogen and oxygen atoms in total. The summed E-state index contributed by atoms with van der Waals surface area (Å²) < 4.78 is 0. The van der Waals surface area contributed by atoms with Crippen LogP contribution in [0.5, 0.6) is 0 Å². The van der Waals surface area contributed by atoms with Crippen LogP contribution >= 0.6 is 0 Å². The third-order valence-electron chi connectivity index (χ3n) is 7.49. The van der Waals surface area contributed by atoms with Crippen molar-refractivity contribution in [3.63, 3.8) is 0 Å². The number of anilines is 2. The minimum absolute atomic E-state index is 0.779. The van der Waals surface area contributed by atoms with Crippen LogP contribution in [-0.2, 0) is 6.54 Å². The summed E-state index contributed by atoms with van der Waals surface area (Å²) >= 11 is 0. The Morgan fingerprint density at radius 2 is 1.53 bits per heavy atom. The number of hydrogen-bond acceptors (Lipinski definition) is 2. The second kappa shape index (κ2) is 9.99. The monoisotopic (exact) mass is 490 g/mol. The Morgan fingerprint density at radius 1 is 0.763 bits per heavy atom. The average molecular weight is 491 g/mol. The molecule has 6 rings (SSSR count). The third-order valence-corrected chi connectivity index (χ3v) is 7.49. The van der Waals surface area contributed by atoms with E-state index in [-0.39, 0.29) is 0 Å². The van der Waals surface area contributed by atoms with Crippen molar-refractivity contribution in [1.29, 1.82) is 0 Å². The fraction of sp³-hybridized carbons (Fsp3) is 0.0833. The predicted molar refractivity (Wildman–Crippen MR) is 165 cm³/mol. The van der Waals surface area contributed by atoms with Crippen LogP contribution in [0.3, 0.4) is 0 Å². The highest BCUT2D eigenvalue weighted by atomic mass is 15.2. The molecule has 0 aliphatic carbocycles. The number of rotatable bonds is 5. The van der Waals surface area contributed by atoms with Crippen LogP contribution in [0.1, 0.15) is 25.0 Å². The van der Waals surface area contributed by atoms with Crippen LogP contribution in [0, 0.1) is 0 Å². The molecular weight excluding hydrogens is 460 g/mol. The van der Waals surface area contributed by atoms with Gasteiger partial charge >= 0.3 is 0 Å². The van der Waals surface area contributed by atoms with Crippen LogP contribution in [0.25, 0.3) is 38.6 Å². The van der Waals surface area contributed by atoms with Crippen molar-refractivity contribution in [2.24, 2.45) is 4.99 Å². The molecule has 5 aromatic carbocycles. The van der Waals surface area contributed by atoms with Gasteiger partial charge in [0.15, 0.2) is 0 Å².